The molecule has 0 bridgehead atoms. The minimum absolute atomic E-state index is 0.0382. The van der Waals surface area contributed by atoms with Crippen LogP contribution in [0.25, 0.3) is 10.6 Å². The van der Waals surface area contributed by atoms with Gasteiger partial charge < -0.3 is 18.6 Å². The highest BCUT2D eigenvalue weighted by Crippen LogP contribution is 2.33. The maximum absolute atomic E-state index is 12.4. The number of aromatic nitrogens is 1. The molecule has 2 heterocycles. The zero-order valence-corrected chi connectivity index (χ0v) is 19.2. The van der Waals surface area contributed by atoms with Crippen molar-refractivity contribution in [1.82, 2.24) is 15.8 Å². The molecule has 2 N–H and O–H groups in total. The summed E-state index contributed by atoms with van der Waals surface area (Å²) in [7, 11) is 3.10. The maximum Gasteiger partial charge on any atom is 0.305 e. The van der Waals surface area contributed by atoms with Crippen LogP contribution in [0.3, 0.4) is 0 Å². The molecule has 4 rings (SSSR count). The van der Waals surface area contributed by atoms with Crippen LogP contribution >= 0.6 is 11.3 Å². The Morgan fingerprint density at radius 2 is 1.71 bits per heavy atom. The lowest BCUT2D eigenvalue weighted by Gasteiger charge is -2.08. The molecular formula is C24H21N3O6S. The summed E-state index contributed by atoms with van der Waals surface area (Å²) in [5.74, 6) is 1.19. The SMILES string of the molecule is COc1ccc(-c2nc(C(=O)NNC(=O)c3ccc(COc4ccccc4)o3)cs2)cc1OC. The van der Waals surface area contributed by atoms with Crippen molar-refractivity contribution in [1.29, 1.82) is 0 Å². The molecule has 0 aliphatic carbocycles. The van der Waals surface area contributed by atoms with Crippen LogP contribution in [-0.2, 0) is 6.61 Å². The molecule has 0 atom stereocenters. The molecule has 0 spiro atoms. The third-order valence-corrected chi connectivity index (χ3v) is 5.56. The smallest absolute Gasteiger partial charge is 0.305 e. The number of carbonyl (C=O) groups excluding carboxylic acids is 2. The Kier molecular flexibility index (Phi) is 7.09. The second-order valence-corrected chi connectivity index (χ2v) is 7.74. The molecule has 0 radical (unpaired) electrons. The van der Waals surface area contributed by atoms with E-state index >= 15 is 0 Å². The number of methoxy groups -OCH3 is 2. The number of carbonyl (C=O) groups is 2. The predicted molar refractivity (Wildman–Crippen MR) is 125 cm³/mol. The highest BCUT2D eigenvalue weighted by Gasteiger charge is 2.16. The number of furan rings is 1. The Morgan fingerprint density at radius 1 is 0.941 bits per heavy atom. The molecular weight excluding hydrogens is 458 g/mol. The van der Waals surface area contributed by atoms with Gasteiger partial charge in [0.1, 0.15) is 28.8 Å². The highest BCUT2D eigenvalue weighted by atomic mass is 32.1. The summed E-state index contributed by atoms with van der Waals surface area (Å²) in [5, 5.41) is 2.21. The summed E-state index contributed by atoms with van der Waals surface area (Å²) in [6.07, 6.45) is 0. The normalized spacial score (nSPS) is 10.4. The Labute approximate surface area is 199 Å². The van der Waals surface area contributed by atoms with E-state index in [-0.39, 0.29) is 18.1 Å². The fourth-order valence-electron chi connectivity index (χ4n) is 2.97. The molecule has 0 saturated carbocycles. The average molecular weight is 480 g/mol. The van der Waals surface area contributed by atoms with Crippen molar-refractivity contribution in [2.24, 2.45) is 0 Å². The lowest BCUT2D eigenvalue weighted by molar-refractivity contribution is 0.0826. The van der Waals surface area contributed by atoms with Crippen molar-refractivity contribution in [2.75, 3.05) is 14.2 Å². The number of benzene rings is 2. The Hall–Kier alpha value is -4.31. The van der Waals surface area contributed by atoms with Crippen LogP contribution in [0.15, 0.2) is 70.5 Å². The third kappa shape index (κ3) is 5.36. The van der Waals surface area contributed by atoms with Crippen LogP contribution < -0.4 is 25.1 Å². The molecule has 0 aliphatic rings. The molecule has 174 valence electrons. The molecule has 2 aromatic heterocycles. The molecule has 0 unspecified atom stereocenters. The van der Waals surface area contributed by atoms with Gasteiger partial charge in [-0.3, -0.25) is 20.4 Å². The lowest BCUT2D eigenvalue weighted by atomic mass is 10.2. The third-order valence-electron chi connectivity index (χ3n) is 4.67. The van der Waals surface area contributed by atoms with E-state index in [4.69, 9.17) is 18.6 Å². The molecule has 0 saturated heterocycles. The molecule has 10 heteroatoms. The summed E-state index contributed by atoms with van der Waals surface area (Å²) in [4.78, 5) is 29.1. The molecule has 0 fully saturated rings. The van der Waals surface area contributed by atoms with Gasteiger partial charge in [0.15, 0.2) is 17.3 Å². The van der Waals surface area contributed by atoms with Crippen molar-refractivity contribution in [3.05, 3.63) is 83.3 Å². The monoisotopic (exact) mass is 479 g/mol. The number of hydrogen-bond acceptors (Lipinski definition) is 8. The molecule has 9 nitrogen and oxygen atoms in total. The van der Waals surface area contributed by atoms with Crippen LogP contribution in [0.4, 0.5) is 0 Å². The van der Waals surface area contributed by atoms with Crippen LogP contribution in [-0.4, -0.2) is 31.0 Å². The summed E-state index contributed by atoms with van der Waals surface area (Å²) in [6.45, 7) is 0.168. The van der Waals surface area contributed by atoms with Gasteiger partial charge in [0.05, 0.1) is 14.2 Å². The van der Waals surface area contributed by atoms with Crippen LogP contribution in [0.1, 0.15) is 26.8 Å². The van der Waals surface area contributed by atoms with E-state index in [1.54, 1.807) is 37.8 Å². The van der Waals surface area contributed by atoms with E-state index in [1.165, 1.54) is 17.4 Å². The minimum Gasteiger partial charge on any atom is -0.493 e. The van der Waals surface area contributed by atoms with Crippen LogP contribution in [0, 0.1) is 0 Å². The summed E-state index contributed by atoms with van der Waals surface area (Å²) < 4.78 is 21.6. The minimum atomic E-state index is -0.602. The van der Waals surface area contributed by atoms with E-state index in [9.17, 15) is 9.59 Å². The van der Waals surface area contributed by atoms with Crippen LogP contribution in [0.5, 0.6) is 17.2 Å². The first-order chi connectivity index (χ1) is 16.6. The Balaban J connectivity index is 1.32. The van der Waals surface area contributed by atoms with Crippen molar-refractivity contribution in [3.8, 4) is 27.8 Å². The average Bonchev–Trinajstić information content (AvgIpc) is 3.56. The fourth-order valence-corrected chi connectivity index (χ4v) is 3.76. The molecule has 34 heavy (non-hydrogen) atoms. The summed E-state index contributed by atoms with van der Waals surface area (Å²) in [5.41, 5.74) is 5.59. The topological polar surface area (TPSA) is 112 Å². The number of thiazole rings is 1. The van der Waals surface area contributed by atoms with E-state index in [1.807, 2.05) is 36.4 Å². The van der Waals surface area contributed by atoms with E-state index in [0.717, 1.165) is 5.56 Å². The standard InChI is InChI=1S/C24H21N3O6S/c1-30-19-10-8-15(12-21(19)31-2)24-25-18(14-34-24)22(28)26-27-23(29)20-11-9-17(33-20)13-32-16-6-4-3-5-7-16/h3-12,14H,13H2,1-2H3,(H,26,28)(H,27,29). The van der Waals surface area contributed by atoms with Gasteiger partial charge in [0, 0.05) is 10.9 Å². The largest absolute Gasteiger partial charge is 0.493 e. The van der Waals surface area contributed by atoms with Gasteiger partial charge in [-0.1, -0.05) is 18.2 Å². The number of para-hydroxylation sites is 1. The van der Waals surface area contributed by atoms with Gasteiger partial charge in [-0.25, -0.2) is 4.98 Å². The fraction of sp³-hybridized carbons (Fsp3) is 0.125. The van der Waals surface area contributed by atoms with E-state index in [0.29, 0.717) is 28.0 Å². The number of amides is 2. The number of rotatable bonds is 8. The predicted octanol–water partition coefficient (Wildman–Crippen LogP) is 4.07. The molecule has 2 amide bonds. The number of hydrogen-bond donors (Lipinski definition) is 2. The van der Waals surface area contributed by atoms with Gasteiger partial charge in [-0.15, -0.1) is 11.3 Å². The van der Waals surface area contributed by atoms with E-state index in [2.05, 4.69) is 15.8 Å². The van der Waals surface area contributed by atoms with Crippen molar-refractivity contribution in [3.63, 3.8) is 0 Å². The lowest BCUT2D eigenvalue weighted by Crippen LogP contribution is -2.41. The molecule has 4 aromatic rings. The van der Waals surface area contributed by atoms with Crippen molar-refractivity contribution < 1.29 is 28.2 Å². The van der Waals surface area contributed by atoms with E-state index < -0.39 is 11.8 Å². The van der Waals surface area contributed by atoms with Crippen molar-refractivity contribution >= 4 is 23.2 Å². The number of nitrogens with one attached hydrogen (secondary N) is 2. The Bertz CT molecular complexity index is 1280. The van der Waals surface area contributed by atoms with Gasteiger partial charge in [0.2, 0.25) is 0 Å². The number of nitrogens with zero attached hydrogens (tertiary/aromatic N) is 1. The summed E-state index contributed by atoms with van der Waals surface area (Å²) >= 11 is 1.29. The quantitative estimate of drug-likeness (QED) is 0.366. The first-order valence-corrected chi connectivity index (χ1v) is 11.0. The first kappa shape index (κ1) is 22.9. The maximum atomic E-state index is 12.4. The Morgan fingerprint density at radius 3 is 2.47 bits per heavy atom. The molecule has 0 aliphatic heterocycles. The molecule has 2 aromatic carbocycles. The number of hydrazine groups is 1. The number of ether oxygens (including phenoxy) is 3. The first-order valence-electron chi connectivity index (χ1n) is 10.1. The van der Waals surface area contributed by atoms with Gasteiger partial charge in [-0.05, 0) is 42.5 Å². The zero-order chi connectivity index (χ0) is 23.9. The van der Waals surface area contributed by atoms with Crippen molar-refractivity contribution in [2.45, 2.75) is 6.61 Å². The van der Waals surface area contributed by atoms with Gasteiger partial charge in [0.25, 0.3) is 5.91 Å². The van der Waals surface area contributed by atoms with Gasteiger partial charge >= 0.3 is 5.91 Å². The summed E-state index contributed by atoms with van der Waals surface area (Å²) in [6, 6.07) is 17.7. The highest BCUT2D eigenvalue weighted by molar-refractivity contribution is 7.13. The second kappa shape index (κ2) is 10.5. The van der Waals surface area contributed by atoms with Crippen LogP contribution in [0.2, 0.25) is 0 Å². The van der Waals surface area contributed by atoms with Gasteiger partial charge in [-0.2, -0.15) is 0 Å². The zero-order valence-electron chi connectivity index (χ0n) is 18.4. The second-order valence-electron chi connectivity index (χ2n) is 6.88.